The molecule has 2 saturated heterocycles. The van der Waals surface area contributed by atoms with Gasteiger partial charge in [0.15, 0.2) is 5.13 Å². The van der Waals surface area contributed by atoms with E-state index in [-0.39, 0.29) is 18.0 Å². The molecule has 0 aliphatic carbocycles. The van der Waals surface area contributed by atoms with Gasteiger partial charge in [-0.25, -0.2) is 24.9 Å². The Morgan fingerprint density at radius 1 is 1.08 bits per heavy atom. The number of carbonyl (C=O) groups excluding carboxylic acids is 1. The Balaban J connectivity index is 1.12. The van der Waals surface area contributed by atoms with E-state index in [1.807, 2.05) is 42.3 Å². The first-order valence-electron chi connectivity index (χ1n) is 11.9. The Labute approximate surface area is 221 Å². The van der Waals surface area contributed by atoms with Gasteiger partial charge < -0.3 is 15.1 Å². The van der Waals surface area contributed by atoms with Crippen molar-refractivity contribution in [1.82, 2.24) is 29.8 Å². The number of amides is 1. The number of carbonyl (C=O) groups is 1. The average Bonchev–Trinajstić information content (AvgIpc) is 3.58. The fourth-order valence-corrected chi connectivity index (χ4v) is 6.66. The molecule has 4 aromatic rings. The van der Waals surface area contributed by atoms with Crippen molar-refractivity contribution in [3.8, 4) is 16.6 Å². The molecule has 0 saturated carbocycles. The molecule has 1 amide bonds. The third kappa shape index (κ3) is 4.52. The van der Waals surface area contributed by atoms with Crippen LogP contribution in [0.2, 0.25) is 0 Å². The van der Waals surface area contributed by atoms with Gasteiger partial charge in [-0.2, -0.15) is 5.26 Å². The Hall–Kier alpha value is -3.95. The zero-order chi connectivity index (χ0) is 25.5. The lowest BCUT2D eigenvalue weighted by Crippen LogP contribution is -2.56. The number of hydrogen-bond donors (Lipinski definition) is 1. The summed E-state index contributed by atoms with van der Waals surface area (Å²) < 4.78 is 0. The second-order valence-electron chi connectivity index (χ2n) is 9.13. The van der Waals surface area contributed by atoms with E-state index in [4.69, 9.17) is 5.26 Å². The van der Waals surface area contributed by atoms with E-state index in [1.54, 1.807) is 17.5 Å². The Bertz CT molecular complexity index is 1480. The Morgan fingerprint density at radius 2 is 1.84 bits per heavy atom. The molecule has 2 atom stereocenters. The maximum Gasteiger partial charge on any atom is 0.256 e. The SMILES string of the molecule is Cc1nc(C)c(-c2csc(Nc3ccc(C(=O)N4C5CCC4CN(c4ncc(C#N)cn4)C5)cn3)n2)s1. The molecule has 2 aliphatic heterocycles. The predicted molar refractivity (Wildman–Crippen MR) is 142 cm³/mol. The van der Waals surface area contributed by atoms with Gasteiger partial charge in [0.05, 0.1) is 56.9 Å². The van der Waals surface area contributed by atoms with Gasteiger partial charge >= 0.3 is 0 Å². The molecule has 4 aromatic heterocycles. The van der Waals surface area contributed by atoms with Crippen LogP contribution < -0.4 is 10.2 Å². The highest BCUT2D eigenvalue weighted by atomic mass is 32.1. The molecule has 2 unspecified atom stereocenters. The van der Waals surface area contributed by atoms with Gasteiger partial charge in [0.25, 0.3) is 5.91 Å². The number of rotatable bonds is 5. The number of nitriles is 1. The number of thiazole rings is 2. The van der Waals surface area contributed by atoms with Crippen molar-refractivity contribution in [2.75, 3.05) is 23.3 Å². The largest absolute Gasteiger partial charge is 0.337 e. The number of nitrogens with zero attached hydrogens (tertiary/aromatic N) is 8. The highest BCUT2D eigenvalue weighted by Crippen LogP contribution is 2.34. The number of hydrogen-bond acceptors (Lipinski definition) is 11. The lowest BCUT2D eigenvalue weighted by molar-refractivity contribution is 0.0640. The highest BCUT2D eigenvalue weighted by Gasteiger charge is 2.43. The van der Waals surface area contributed by atoms with Crippen molar-refractivity contribution >= 4 is 45.5 Å². The van der Waals surface area contributed by atoms with Crippen molar-refractivity contribution < 1.29 is 4.79 Å². The van der Waals surface area contributed by atoms with Crippen LogP contribution in [0.3, 0.4) is 0 Å². The van der Waals surface area contributed by atoms with E-state index in [0.29, 0.717) is 36.0 Å². The molecule has 186 valence electrons. The highest BCUT2D eigenvalue weighted by molar-refractivity contribution is 7.16. The van der Waals surface area contributed by atoms with Gasteiger partial charge in [0, 0.05) is 24.7 Å². The molecule has 2 bridgehead atoms. The van der Waals surface area contributed by atoms with Gasteiger partial charge in [-0.15, -0.1) is 22.7 Å². The van der Waals surface area contributed by atoms with Gasteiger partial charge in [-0.1, -0.05) is 0 Å². The topological polar surface area (TPSA) is 124 Å². The van der Waals surface area contributed by atoms with Crippen LogP contribution in [-0.4, -0.2) is 60.9 Å². The van der Waals surface area contributed by atoms with Gasteiger partial charge in [0.2, 0.25) is 5.95 Å². The summed E-state index contributed by atoms with van der Waals surface area (Å²) in [5.41, 5.74) is 2.90. The van der Waals surface area contributed by atoms with E-state index in [1.165, 1.54) is 23.7 Å². The average molecular weight is 530 g/mol. The van der Waals surface area contributed by atoms with E-state index in [0.717, 1.165) is 39.2 Å². The van der Waals surface area contributed by atoms with Crippen molar-refractivity contribution in [1.29, 1.82) is 5.26 Å². The van der Waals surface area contributed by atoms with Crippen molar-refractivity contribution in [2.45, 2.75) is 38.8 Å². The van der Waals surface area contributed by atoms with Crippen LogP contribution in [0.25, 0.3) is 10.6 Å². The summed E-state index contributed by atoms with van der Waals surface area (Å²) in [7, 11) is 0. The molecule has 6 heterocycles. The molecule has 12 heteroatoms. The van der Waals surface area contributed by atoms with E-state index in [9.17, 15) is 4.79 Å². The molecule has 0 spiro atoms. The number of aryl methyl sites for hydroxylation is 2. The fourth-order valence-electron chi connectivity index (χ4n) is 5.00. The lowest BCUT2D eigenvalue weighted by Gasteiger charge is -2.41. The van der Waals surface area contributed by atoms with Crippen LogP contribution in [0.4, 0.5) is 16.9 Å². The van der Waals surface area contributed by atoms with Crippen molar-refractivity contribution in [3.63, 3.8) is 0 Å². The number of nitrogens with one attached hydrogen (secondary N) is 1. The third-order valence-electron chi connectivity index (χ3n) is 6.65. The molecule has 10 nitrogen and oxygen atoms in total. The zero-order valence-corrected chi connectivity index (χ0v) is 21.9. The Morgan fingerprint density at radius 3 is 2.46 bits per heavy atom. The number of pyridine rings is 1. The lowest BCUT2D eigenvalue weighted by atomic mass is 10.1. The summed E-state index contributed by atoms with van der Waals surface area (Å²) in [6.07, 6.45) is 6.60. The minimum Gasteiger partial charge on any atom is -0.337 e. The summed E-state index contributed by atoms with van der Waals surface area (Å²) in [4.78, 5) is 40.9. The molecule has 0 aromatic carbocycles. The summed E-state index contributed by atoms with van der Waals surface area (Å²) in [5, 5.41) is 16.0. The molecule has 0 radical (unpaired) electrons. The number of piperazine rings is 1. The normalized spacial score (nSPS) is 18.6. The molecular weight excluding hydrogens is 506 g/mol. The molecule has 6 rings (SSSR count). The quantitative estimate of drug-likeness (QED) is 0.405. The Kier molecular flexibility index (Phi) is 6.02. The van der Waals surface area contributed by atoms with Crippen LogP contribution in [-0.2, 0) is 0 Å². The standard InChI is InChI=1S/C25H23N9OS2/c1-14-22(37-15(2)30-14)20-13-36-25(31-20)32-21-6-3-17(10-27-21)23(35)34-18-4-5-19(34)12-33(11-18)24-28-8-16(7-26)9-29-24/h3,6,8-10,13,18-19H,4-5,11-12H2,1-2H3,(H,27,31,32). The number of aromatic nitrogens is 5. The first-order valence-corrected chi connectivity index (χ1v) is 13.6. The molecule has 2 aliphatic rings. The first-order chi connectivity index (χ1) is 18.0. The van der Waals surface area contributed by atoms with Gasteiger partial charge in [-0.3, -0.25) is 4.79 Å². The molecular formula is C25H23N9OS2. The summed E-state index contributed by atoms with van der Waals surface area (Å²) in [5.74, 6) is 1.24. The summed E-state index contributed by atoms with van der Waals surface area (Å²) in [6.45, 7) is 5.34. The maximum absolute atomic E-state index is 13.4. The summed E-state index contributed by atoms with van der Waals surface area (Å²) in [6, 6.07) is 5.87. The van der Waals surface area contributed by atoms with Gasteiger partial charge in [-0.05, 0) is 38.8 Å². The van der Waals surface area contributed by atoms with Crippen LogP contribution in [0.1, 0.15) is 39.5 Å². The zero-order valence-electron chi connectivity index (χ0n) is 20.2. The monoisotopic (exact) mass is 529 g/mol. The fraction of sp³-hybridized carbons (Fsp3) is 0.320. The molecule has 37 heavy (non-hydrogen) atoms. The summed E-state index contributed by atoms with van der Waals surface area (Å²) >= 11 is 3.15. The minimum atomic E-state index is -0.000443. The van der Waals surface area contributed by atoms with Crippen molar-refractivity contribution in [3.05, 3.63) is 57.9 Å². The van der Waals surface area contributed by atoms with Gasteiger partial charge in [0.1, 0.15) is 11.9 Å². The van der Waals surface area contributed by atoms with E-state index < -0.39 is 0 Å². The van der Waals surface area contributed by atoms with Crippen LogP contribution in [0.15, 0.2) is 36.1 Å². The second kappa shape index (κ2) is 9.49. The van der Waals surface area contributed by atoms with E-state index >= 15 is 0 Å². The van der Waals surface area contributed by atoms with Crippen molar-refractivity contribution in [2.24, 2.45) is 0 Å². The third-order valence-corrected chi connectivity index (χ3v) is 8.51. The van der Waals surface area contributed by atoms with Crippen LogP contribution >= 0.6 is 22.7 Å². The maximum atomic E-state index is 13.4. The smallest absolute Gasteiger partial charge is 0.256 e. The van der Waals surface area contributed by atoms with Crippen LogP contribution in [0, 0.1) is 25.2 Å². The second-order valence-corrected chi connectivity index (χ2v) is 11.2. The minimum absolute atomic E-state index is 0.000443. The number of fused-ring (bicyclic) bond motifs is 2. The first kappa shape index (κ1) is 23.4. The predicted octanol–water partition coefficient (Wildman–Crippen LogP) is 4.18. The number of anilines is 3. The van der Waals surface area contributed by atoms with Crippen LogP contribution in [0.5, 0.6) is 0 Å². The molecule has 2 fully saturated rings. The van der Waals surface area contributed by atoms with E-state index in [2.05, 4.69) is 35.1 Å². The molecule has 1 N–H and O–H groups in total.